The van der Waals surface area contributed by atoms with Crippen LogP contribution >= 0.6 is 0 Å². The van der Waals surface area contributed by atoms with Crippen LogP contribution in [0.2, 0.25) is 0 Å². The van der Waals surface area contributed by atoms with E-state index in [1.54, 1.807) is 25.5 Å². The highest BCUT2D eigenvalue weighted by Gasteiger charge is 2.40. The first-order chi connectivity index (χ1) is 14.0. The Morgan fingerprint density at radius 3 is 2.72 bits per heavy atom. The Balaban J connectivity index is 1.75. The lowest BCUT2D eigenvalue weighted by Crippen LogP contribution is -2.40. The van der Waals surface area contributed by atoms with Crippen molar-refractivity contribution in [3.05, 3.63) is 84.8 Å². The molecule has 4 rings (SSSR count). The smallest absolute Gasteiger partial charge is 0.137 e. The number of hydrogen-bond acceptors (Lipinski definition) is 5. The van der Waals surface area contributed by atoms with E-state index in [0.717, 1.165) is 23.4 Å². The van der Waals surface area contributed by atoms with Crippen molar-refractivity contribution in [1.29, 1.82) is 0 Å². The van der Waals surface area contributed by atoms with Gasteiger partial charge in [-0.15, -0.1) is 0 Å². The third-order valence-electron chi connectivity index (χ3n) is 4.92. The summed E-state index contributed by atoms with van der Waals surface area (Å²) < 4.78 is 31.0. The lowest BCUT2D eigenvalue weighted by molar-refractivity contribution is -0.0368. The van der Waals surface area contributed by atoms with Crippen LogP contribution in [0.3, 0.4) is 0 Å². The summed E-state index contributed by atoms with van der Waals surface area (Å²) in [7, 11) is 0. The molecule has 29 heavy (non-hydrogen) atoms. The highest BCUT2D eigenvalue weighted by Crippen LogP contribution is 2.37. The van der Waals surface area contributed by atoms with Crippen LogP contribution in [0.15, 0.2) is 67.6 Å². The minimum absolute atomic E-state index is 0.0585. The van der Waals surface area contributed by atoms with Crippen molar-refractivity contribution in [2.24, 2.45) is 0 Å². The van der Waals surface area contributed by atoms with E-state index in [4.69, 9.17) is 0 Å². The highest BCUT2D eigenvalue weighted by molar-refractivity contribution is 5.56. The fourth-order valence-electron chi connectivity index (χ4n) is 3.28. The Hall–Kier alpha value is -3.46. The minimum atomic E-state index is -1.78. The summed E-state index contributed by atoms with van der Waals surface area (Å²) in [6, 6.07) is 7.89. The van der Waals surface area contributed by atoms with Gasteiger partial charge in [0.05, 0.1) is 24.5 Å². The maximum absolute atomic E-state index is 14.6. The average Bonchev–Trinajstić information content (AvgIpc) is 3.40. The second kappa shape index (κ2) is 7.51. The molecule has 1 N–H and O–H groups in total. The van der Waals surface area contributed by atoms with Gasteiger partial charge < -0.3 is 5.11 Å². The van der Waals surface area contributed by atoms with Crippen LogP contribution < -0.4 is 0 Å². The maximum atomic E-state index is 14.6. The minimum Gasteiger partial charge on any atom is -0.381 e. The molecular formula is C20H18F2N6O. The van der Waals surface area contributed by atoms with Gasteiger partial charge in [-0.3, -0.25) is 9.67 Å². The van der Waals surface area contributed by atoms with Gasteiger partial charge in [0, 0.05) is 29.6 Å². The van der Waals surface area contributed by atoms with Crippen LogP contribution in [0.25, 0.3) is 11.3 Å². The monoisotopic (exact) mass is 396 g/mol. The summed E-state index contributed by atoms with van der Waals surface area (Å²) in [4.78, 5) is 8.16. The van der Waals surface area contributed by atoms with E-state index in [1.165, 1.54) is 28.1 Å². The molecule has 148 valence electrons. The zero-order valence-corrected chi connectivity index (χ0v) is 15.5. The Bertz CT molecular complexity index is 1100. The molecule has 0 saturated carbocycles. The van der Waals surface area contributed by atoms with Crippen LogP contribution in [-0.2, 0) is 12.1 Å². The van der Waals surface area contributed by atoms with Gasteiger partial charge in [0.25, 0.3) is 0 Å². The molecule has 4 aromatic rings. The first kappa shape index (κ1) is 18.9. The molecule has 0 bridgehead atoms. The van der Waals surface area contributed by atoms with Gasteiger partial charge in [-0.1, -0.05) is 12.1 Å². The van der Waals surface area contributed by atoms with Gasteiger partial charge in [0.2, 0.25) is 0 Å². The molecular weight excluding hydrogens is 378 g/mol. The van der Waals surface area contributed by atoms with E-state index in [1.807, 2.05) is 18.2 Å². The normalized spacial score (nSPS) is 14.5. The zero-order chi connectivity index (χ0) is 20.4. The van der Waals surface area contributed by atoms with Crippen molar-refractivity contribution in [3.8, 4) is 11.3 Å². The molecule has 0 aliphatic carbocycles. The van der Waals surface area contributed by atoms with Crippen molar-refractivity contribution in [3.63, 3.8) is 0 Å². The molecule has 0 spiro atoms. The fourth-order valence-corrected chi connectivity index (χ4v) is 3.28. The van der Waals surface area contributed by atoms with Gasteiger partial charge in [-0.05, 0) is 25.1 Å². The largest absolute Gasteiger partial charge is 0.381 e. The Morgan fingerprint density at radius 2 is 2.03 bits per heavy atom. The van der Waals surface area contributed by atoms with Gasteiger partial charge >= 0.3 is 0 Å². The second-order valence-corrected chi connectivity index (χ2v) is 6.74. The molecule has 3 aromatic heterocycles. The quantitative estimate of drug-likeness (QED) is 0.542. The van der Waals surface area contributed by atoms with Crippen molar-refractivity contribution in [2.75, 3.05) is 0 Å². The van der Waals surface area contributed by atoms with E-state index < -0.39 is 23.3 Å². The van der Waals surface area contributed by atoms with E-state index >= 15 is 0 Å². The van der Waals surface area contributed by atoms with Crippen molar-refractivity contribution in [1.82, 2.24) is 29.5 Å². The predicted octanol–water partition coefficient (Wildman–Crippen LogP) is 2.96. The fraction of sp³-hybridized carbons (Fsp3) is 0.200. The number of pyridine rings is 1. The number of benzene rings is 1. The van der Waals surface area contributed by atoms with Gasteiger partial charge in [-0.25, -0.2) is 18.4 Å². The summed E-state index contributed by atoms with van der Waals surface area (Å²) in [6.07, 6.45) is 7.75. The standard InChI is InChI=1S/C20H18F2N6O/c1-14(28-10-15(9-25-28)19-4-2-3-7-24-19)20(29,11-27-13-23-12-26-27)17-6-5-16(21)8-18(17)22/h2-10,12-14,29H,11H2,1H3/t14-,20-/m1/s1. The van der Waals surface area contributed by atoms with Crippen LogP contribution in [0.4, 0.5) is 8.78 Å². The SMILES string of the molecule is C[C@@H](n1cc(-c2ccccn2)cn1)[C@](O)(Cn1cncn1)c1ccc(F)cc1F. The first-order valence-electron chi connectivity index (χ1n) is 8.93. The number of rotatable bonds is 6. The third-order valence-corrected chi connectivity index (χ3v) is 4.92. The zero-order valence-electron chi connectivity index (χ0n) is 15.5. The first-order valence-corrected chi connectivity index (χ1v) is 8.93. The van der Waals surface area contributed by atoms with Crippen molar-refractivity contribution >= 4 is 0 Å². The Labute approximate surface area is 165 Å². The van der Waals surface area contributed by atoms with Crippen molar-refractivity contribution < 1.29 is 13.9 Å². The third kappa shape index (κ3) is 3.64. The molecule has 3 heterocycles. The van der Waals surface area contributed by atoms with E-state index in [0.29, 0.717) is 0 Å². The molecule has 0 amide bonds. The van der Waals surface area contributed by atoms with E-state index in [9.17, 15) is 13.9 Å². The van der Waals surface area contributed by atoms with Gasteiger partial charge in [-0.2, -0.15) is 10.2 Å². The molecule has 2 atom stereocenters. The summed E-state index contributed by atoms with van der Waals surface area (Å²) in [5, 5.41) is 19.9. The summed E-state index contributed by atoms with van der Waals surface area (Å²) in [5.41, 5.74) is -0.366. The van der Waals surface area contributed by atoms with Crippen LogP contribution in [-0.4, -0.2) is 34.6 Å². The summed E-state index contributed by atoms with van der Waals surface area (Å²) in [5.74, 6) is -1.57. The number of nitrogens with zero attached hydrogens (tertiary/aromatic N) is 6. The number of aromatic nitrogens is 6. The number of aliphatic hydroxyl groups is 1. The lowest BCUT2D eigenvalue weighted by atomic mass is 9.86. The predicted molar refractivity (Wildman–Crippen MR) is 100 cm³/mol. The molecule has 0 saturated heterocycles. The summed E-state index contributed by atoms with van der Waals surface area (Å²) >= 11 is 0. The Morgan fingerprint density at radius 1 is 1.17 bits per heavy atom. The number of halogens is 2. The average molecular weight is 396 g/mol. The Kier molecular flexibility index (Phi) is 4.89. The van der Waals surface area contributed by atoms with Gasteiger partial charge in [0.15, 0.2) is 0 Å². The molecule has 0 aliphatic rings. The summed E-state index contributed by atoms with van der Waals surface area (Å²) in [6.45, 7) is 1.60. The molecule has 7 nitrogen and oxygen atoms in total. The van der Waals surface area contributed by atoms with Crippen LogP contribution in [0.5, 0.6) is 0 Å². The maximum Gasteiger partial charge on any atom is 0.137 e. The molecule has 0 radical (unpaired) electrons. The molecule has 0 fully saturated rings. The lowest BCUT2D eigenvalue weighted by Gasteiger charge is -2.34. The molecule has 0 aliphatic heterocycles. The van der Waals surface area contributed by atoms with E-state index in [-0.39, 0.29) is 12.1 Å². The number of hydrogen-bond donors (Lipinski definition) is 1. The van der Waals surface area contributed by atoms with Crippen LogP contribution in [0, 0.1) is 11.6 Å². The second-order valence-electron chi connectivity index (χ2n) is 6.74. The topological polar surface area (TPSA) is 81.6 Å². The van der Waals surface area contributed by atoms with E-state index in [2.05, 4.69) is 20.2 Å². The molecule has 9 heteroatoms. The van der Waals surface area contributed by atoms with Crippen molar-refractivity contribution in [2.45, 2.75) is 25.1 Å². The molecule has 0 unspecified atom stereocenters. The molecule has 1 aromatic carbocycles. The van der Waals surface area contributed by atoms with Crippen LogP contribution in [0.1, 0.15) is 18.5 Å². The highest BCUT2D eigenvalue weighted by atomic mass is 19.1. The van der Waals surface area contributed by atoms with Gasteiger partial charge in [0.1, 0.15) is 29.9 Å².